The van der Waals surface area contributed by atoms with Crippen LogP contribution in [0.2, 0.25) is 0 Å². The van der Waals surface area contributed by atoms with Crippen LogP contribution in [0.25, 0.3) is 10.9 Å². The molecule has 0 radical (unpaired) electrons. The van der Waals surface area contributed by atoms with E-state index in [-0.39, 0.29) is 0 Å². The standard InChI is InChI=1S/C16H18N6/c1-11-13-5-3-4-6-14(13)18-15(17-11)9-21-7-8-22-12(2)19-20-16(22)10-21/h3-6H,7-10H2,1-2H3. The fourth-order valence-electron chi connectivity index (χ4n) is 3.05. The summed E-state index contributed by atoms with van der Waals surface area (Å²) in [6.07, 6.45) is 0. The first-order chi connectivity index (χ1) is 10.7. The van der Waals surface area contributed by atoms with Crippen molar-refractivity contribution in [2.24, 2.45) is 0 Å². The predicted molar refractivity (Wildman–Crippen MR) is 83.1 cm³/mol. The second-order valence-electron chi connectivity index (χ2n) is 5.77. The molecule has 0 aliphatic carbocycles. The van der Waals surface area contributed by atoms with E-state index >= 15 is 0 Å². The molecular formula is C16H18N6. The van der Waals surface area contributed by atoms with Crippen LogP contribution in [0.1, 0.15) is 23.2 Å². The van der Waals surface area contributed by atoms with Crippen molar-refractivity contribution < 1.29 is 0 Å². The minimum atomic E-state index is 0.748. The zero-order valence-electron chi connectivity index (χ0n) is 12.8. The minimum absolute atomic E-state index is 0.748. The van der Waals surface area contributed by atoms with Crippen LogP contribution in [0.15, 0.2) is 24.3 Å². The van der Waals surface area contributed by atoms with Gasteiger partial charge in [0.15, 0.2) is 0 Å². The molecule has 0 fully saturated rings. The molecule has 0 bridgehead atoms. The number of fused-ring (bicyclic) bond motifs is 2. The summed E-state index contributed by atoms with van der Waals surface area (Å²) in [5.74, 6) is 2.90. The van der Waals surface area contributed by atoms with Crippen molar-refractivity contribution in [1.82, 2.24) is 29.6 Å². The number of benzene rings is 1. The predicted octanol–water partition coefficient (Wildman–Crippen LogP) is 1.85. The fourth-order valence-corrected chi connectivity index (χ4v) is 3.05. The van der Waals surface area contributed by atoms with E-state index in [2.05, 4.69) is 30.7 Å². The van der Waals surface area contributed by atoms with Crippen LogP contribution in [0.3, 0.4) is 0 Å². The zero-order valence-corrected chi connectivity index (χ0v) is 12.8. The van der Waals surface area contributed by atoms with Crippen LogP contribution in [-0.2, 0) is 19.6 Å². The van der Waals surface area contributed by atoms with Crippen molar-refractivity contribution >= 4 is 10.9 Å². The van der Waals surface area contributed by atoms with Gasteiger partial charge in [-0.1, -0.05) is 18.2 Å². The van der Waals surface area contributed by atoms with Gasteiger partial charge < -0.3 is 4.57 Å². The summed E-state index contributed by atoms with van der Waals surface area (Å²) in [6.45, 7) is 7.50. The van der Waals surface area contributed by atoms with Gasteiger partial charge in [-0.25, -0.2) is 9.97 Å². The number of aromatic nitrogens is 5. The third-order valence-corrected chi connectivity index (χ3v) is 4.22. The van der Waals surface area contributed by atoms with Crippen molar-refractivity contribution in [3.05, 3.63) is 47.4 Å². The summed E-state index contributed by atoms with van der Waals surface area (Å²) in [5, 5.41) is 9.52. The average Bonchev–Trinajstić information content (AvgIpc) is 2.88. The quantitative estimate of drug-likeness (QED) is 0.722. The topological polar surface area (TPSA) is 59.7 Å². The molecule has 0 atom stereocenters. The van der Waals surface area contributed by atoms with E-state index in [4.69, 9.17) is 4.98 Å². The third kappa shape index (κ3) is 2.25. The lowest BCUT2D eigenvalue weighted by atomic mass is 10.2. The van der Waals surface area contributed by atoms with Gasteiger partial charge in [0.1, 0.15) is 17.5 Å². The molecule has 0 N–H and O–H groups in total. The van der Waals surface area contributed by atoms with E-state index in [1.807, 2.05) is 32.0 Å². The highest BCUT2D eigenvalue weighted by Crippen LogP contribution is 2.17. The molecule has 2 aromatic heterocycles. The lowest BCUT2D eigenvalue weighted by Crippen LogP contribution is -2.34. The highest BCUT2D eigenvalue weighted by molar-refractivity contribution is 5.80. The van der Waals surface area contributed by atoms with Crippen LogP contribution in [-0.4, -0.2) is 36.2 Å². The Kier molecular flexibility index (Phi) is 3.11. The first kappa shape index (κ1) is 13.3. The minimum Gasteiger partial charge on any atom is -0.313 e. The fraction of sp³-hybridized carbons (Fsp3) is 0.375. The summed E-state index contributed by atoms with van der Waals surface area (Å²) in [7, 11) is 0. The van der Waals surface area contributed by atoms with E-state index in [0.717, 1.165) is 60.2 Å². The monoisotopic (exact) mass is 294 g/mol. The molecule has 6 nitrogen and oxygen atoms in total. The Labute approximate surface area is 128 Å². The first-order valence-corrected chi connectivity index (χ1v) is 7.54. The van der Waals surface area contributed by atoms with E-state index in [9.17, 15) is 0 Å². The summed E-state index contributed by atoms with van der Waals surface area (Å²) < 4.78 is 2.18. The van der Waals surface area contributed by atoms with Crippen molar-refractivity contribution in [2.75, 3.05) is 6.54 Å². The Morgan fingerprint density at radius 1 is 1.05 bits per heavy atom. The van der Waals surface area contributed by atoms with Crippen LogP contribution < -0.4 is 0 Å². The van der Waals surface area contributed by atoms with Crippen molar-refractivity contribution in [1.29, 1.82) is 0 Å². The maximum atomic E-state index is 4.70. The Morgan fingerprint density at radius 2 is 1.91 bits per heavy atom. The molecule has 22 heavy (non-hydrogen) atoms. The average molecular weight is 294 g/mol. The summed E-state index contributed by atoms with van der Waals surface area (Å²) >= 11 is 0. The van der Waals surface area contributed by atoms with Gasteiger partial charge in [-0.2, -0.15) is 0 Å². The number of nitrogens with zero attached hydrogens (tertiary/aromatic N) is 6. The lowest BCUT2D eigenvalue weighted by molar-refractivity contribution is 0.203. The molecule has 1 aliphatic heterocycles. The van der Waals surface area contributed by atoms with Crippen LogP contribution in [0.5, 0.6) is 0 Å². The van der Waals surface area contributed by atoms with E-state index in [1.54, 1.807) is 0 Å². The van der Waals surface area contributed by atoms with Crippen molar-refractivity contribution in [3.63, 3.8) is 0 Å². The van der Waals surface area contributed by atoms with Gasteiger partial charge in [-0.05, 0) is 19.9 Å². The second kappa shape index (κ2) is 5.14. The van der Waals surface area contributed by atoms with Gasteiger partial charge in [0, 0.05) is 24.2 Å². The maximum Gasteiger partial charge on any atom is 0.147 e. The maximum absolute atomic E-state index is 4.70. The Hall–Kier alpha value is -2.34. The van der Waals surface area contributed by atoms with Crippen LogP contribution >= 0.6 is 0 Å². The van der Waals surface area contributed by atoms with Gasteiger partial charge in [0.2, 0.25) is 0 Å². The highest BCUT2D eigenvalue weighted by Gasteiger charge is 2.20. The molecule has 3 heterocycles. The Balaban J connectivity index is 1.59. The molecule has 0 amide bonds. The Bertz CT molecular complexity index is 838. The molecule has 0 saturated carbocycles. The molecule has 3 aromatic rings. The number of aryl methyl sites for hydroxylation is 2. The summed E-state index contributed by atoms with van der Waals surface area (Å²) in [6, 6.07) is 8.16. The van der Waals surface area contributed by atoms with E-state index < -0.39 is 0 Å². The Morgan fingerprint density at radius 3 is 2.82 bits per heavy atom. The molecule has 1 aliphatic rings. The molecule has 6 heteroatoms. The highest BCUT2D eigenvalue weighted by atomic mass is 15.3. The number of hydrogen-bond acceptors (Lipinski definition) is 5. The van der Waals surface area contributed by atoms with Gasteiger partial charge in [0.05, 0.1) is 18.6 Å². The van der Waals surface area contributed by atoms with Crippen molar-refractivity contribution in [3.8, 4) is 0 Å². The lowest BCUT2D eigenvalue weighted by Gasteiger charge is -2.26. The smallest absolute Gasteiger partial charge is 0.147 e. The van der Waals surface area contributed by atoms with E-state index in [0.29, 0.717) is 0 Å². The second-order valence-corrected chi connectivity index (χ2v) is 5.77. The third-order valence-electron chi connectivity index (χ3n) is 4.22. The molecule has 0 unspecified atom stereocenters. The van der Waals surface area contributed by atoms with Crippen LogP contribution in [0, 0.1) is 13.8 Å². The van der Waals surface area contributed by atoms with E-state index in [1.165, 1.54) is 0 Å². The first-order valence-electron chi connectivity index (χ1n) is 7.54. The van der Waals surface area contributed by atoms with Gasteiger partial charge in [-0.15, -0.1) is 10.2 Å². The van der Waals surface area contributed by atoms with Gasteiger partial charge in [-0.3, -0.25) is 4.90 Å². The number of hydrogen-bond donors (Lipinski definition) is 0. The molecular weight excluding hydrogens is 276 g/mol. The summed E-state index contributed by atoms with van der Waals surface area (Å²) in [4.78, 5) is 11.7. The molecule has 4 rings (SSSR count). The van der Waals surface area contributed by atoms with Gasteiger partial charge in [0.25, 0.3) is 0 Å². The number of rotatable bonds is 2. The van der Waals surface area contributed by atoms with Gasteiger partial charge >= 0.3 is 0 Å². The largest absolute Gasteiger partial charge is 0.313 e. The molecule has 112 valence electrons. The van der Waals surface area contributed by atoms with Crippen LogP contribution in [0.4, 0.5) is 0 Å². The normalized spacial score (nSPS) is 15.2. The molecule has 0 saturated heterocycles. The van der Waals surface area contributed by atoms with Crippen molar-refractivity contribution in [2.45, 2.75) is 33.5 Å². The number of para-hydroxylation sites is 1. The molecule has 1 aromatic carbocycles. The SMILES string of the molecule is Cc1nc(CN2CCn3c(C)nnc3C2)nc2ccccc12. The summed E-state index contributed by atoms with van der Waals surface area (Å²) in [5.41, 5.74) is 2.05. The zero-order chi connectivity index (χ0) is 15.1. The molecule has 0 spiro atoms.